The van der Waals surface area contributed by atoms with E-state index in [2.05, 4.69) is 10.6 Å². The lowest BCUT2D eigenvalue weighted by Gasteiger charge is -2.55. The van der Waals surface area contributed by atoms with E-state index in [0.717, 1.165) is 49.9 Å². The van der Waals surface area contributed by atoms with Gasteiger partial charge in [0.05, 0.1) is 0 Å². The first-order chi connectivity index (χ1) is 15.5. The van der Waals surface area contributed by atoms with Gasteiger partial charge in [-0.3, -0.25) is 14.4 Å². The molecular formula is C26H41N3O3. The quantitative estimate of drug-likeness (QED) is 0.633. The zero-order chi connectivity index (χ0) is 22.1. The Balaban J connectivity index is 1.00. The summed E-state index contributed by atoms with van der Waals surface area (Å²) in [7, 11) is 0. The molecule has 0 unspecified atom stereocenters. The average Bonchev–Trinajstić information content (AvgIpc) is 3.26. The van der Waals surface area contributed by atoms with Crippen LogP contribution in [0.1, 0.15) is 89.9 Å². The largest absolute Gasteiger partial charge is 0.355 e. The second-order valence-electron chi connectivity index (χ2n) is 11.8. The molecule has 0 spiro atoms. The van der Waals surface area contributed by atoms with Gasteiger partial charge in [-0.2, -0.15) is 0 Å². The van der Waals surface area contributed by atoms with Crippen LogP contribution >= 0.6 is 0 Å². The van der Waals surface area contributed by atoms with Gasteiger partial charge in [0.25, 0.3) is 0 Å². The highest BCUT2D eigenvalue weighted by Crippen LogP contribution is 2.60. The van der Waals surface area contributed by atoms with Gasteiger partial charge in [0, 0.05) is 43.9 Å². The number of carbonyl (C=O) groups is 3. The monoisotopic (exact) mass is 443 g/mol. The Bertz CT molecular complexity index is 687. The molecule has 1 saturated heterocycles. The molecule has 0 radical (unpaired) electrons. The van der Waals surface area contributed by atoms with Gasteiger partial charge in [-0.15, -0.1) is 0 Å². The molecule has 1 aliphatic heterocycles. The molecule has 1 heterocycles. The van der Waals surface area contributed by atoms with Gasteiger partial charge in [-0.25, -0.2) is 0 Å². The molecule has 3 amide bonds. The molecule has 0 aromatic carbocycles. The number of nitrogens with one attached hydrogen (secondary N) is 2. The summed E-state index contributed by atoms with van der Waals surface area (Å²) in [6.45, 7) is 1.86. The summed E-state index contributed by atoms with van der Waals surface area (Å²) in [5.74, 6) is 3.38. The minimum atomic E-state index is -0.132. The van der Waals surface area contributed by atoms with Crippen LogP contribution in [-0.4, -0.2) is 48.3 Å². The Morgan fingerprint density at radius 2 is 1.44 bits per heavy atom. The lowest BCUT2D eigenvalue weighted by Crippen LogP contribution is -2.54. The average molecular weight is 444 g/mol. The topological polar surface area (TPSA) is 78.5 Å². The van der Waals surface area contributed by atoms with Crippen molar-refractivity contribution in [1.29, 1.82) is 0 Å². The fraction of sp³-hybridized carbons (Fsp3) is 0.885. The van der Waals surface area contributed by atoms with E-state index in [1.54, 1.807) is 0 Å². The van der Waals surface area contributed by atoms with Crippen LogP contribution in [0.5, 0.6) is 0 Å². The van der Waals surface area contributed by atoms with Crippen LogP contribution in [0.15, 0.2) is 0 Å². The van der Waals surface area contributed by atoms with Gasteiger partial charge in [0.2, 0.25) is 17.7 Å². The minimum Gasteiger partial charge on any atom is -0.355 e. The van der Waals surface area contributed by atoms with Crippen molar-refractivity contribution in [2.75, 3.05) is 19.6 Å². The number of piperidine rings is 1. The van der Waals surface area contributed by atoms with Crippen LogP contribution < -0.4 is 10.6 Å². The van der Waals surface area contributed by atoms with Crippen LogP contribution in [0, 0.1) is 29.1 Å². The number of amides is 3. The van der Waals surface area contributed by atoms with E-state index in [9.17, 15) is 14.4 Å². The van der Waals surface area contributed by atoms with Gasteiger partial charge in [-0.1, -0.05) is 12.8 Å². The van der Waals surface area contributed by atoms with Crippen LogP contribution in [0.25, 0.3) is 0 Å². The second-order valence-corrected chi connectivity index (χ2v) is 11.8. The van der Waals surface area contributed by atoms with Crippen molar-refractivity contribution < 1.29 is 14.4 Å². The number of hydrogen-bond donors (Lipinski definition) is 2. The molecule has 0 aromatic heterocycles. The first-order valence-electron chi connectivity index (χ1n) is 13.3. The molecular weight excluding hydrogens is 402 g/mol. The minimum absolute atomic E-state index is 0.131. The third-order valence-corrected chi connectivity index (χ3v) is 9.31. The van der Waals surface area contributed by atoms with Gasteiger partial charge < -0.3 is 15.5 Å². The molecule has 6 heteroatoms. The third-order valence-electron chi connectivity index (χ3n) is 9.31. The summed E-state index contributed by atoms with van der Waals surface area (Å²) in [4.78, 5) is 39.9. The molecule has 0 atom stereocenters. The maximum absolute atomic E-state index is 13.0. The van der Waals surface area contributed by atoms with Crippen molar-refractivity contribution in [3.05, 3.63) is 0 Å². The van der Waals surface area contributed by atoms with E-state index in [0.29, 0.717) is 38.4 Å². The SMILES string of the molecule is O=C(CC1CCCC1)NC1CCN(C(=O)CCNC(=O)C23CC4CC(CC(C4)C2)C3)CC1. The van der Waals surface area contributed by atoms with E-state index in [1.165, 1.54) is 44.9 Å². The van der Waals surface area contributed by atoms with Crippen LogP contribution in [-0.2, 0) is 14.4 Å². The summed E-state index contributed by atoms with van der Waals surface area (Å²) in [6, 6.07) is 0.198. The lowest BCUT2D eigenvalue weighted by molar-refractivity contribution is -0.146. The zero-order valence-electron chi connectivity index (χ0n) is 19.6. The fourth-order valence-corrected chi connectivity index (χ4v) is 8.05. The van der Waals surface area contributed by atoms with Crippen molar-refractivity contribution in [3.63, 3.8) is 0 Å². The summed E-state index contributed by atoms with van der Waals surface area (Å²) >= 11 is 0. The first-order valence-corrected chi connectivity index (χ1v) is 13.3. The van der Waals surface area contributed by atoms with Gasteiger partial charge in [0.15, 0.2) is 0 Å². The molecule has 178 valence electrons. The number of nitrogens with zero attached hydrogens (tertiary/aromatic N) is 1. The van der Waals surface area contributed by atoms with Gasteiger partial charge in [-0.05, 0) is 87.9 Å². The van der Waals surface area contributed by atoms with Crippen molar-refractivity contribution in [3.8, 4) is 0 Å². The maximum Gasteiger partial charge on any atom is 0.226 e. The molecule has 2 N–H and O–H groups in total. The molecule has 32 heavy (non-hydrogen) atoms. The van der Waals surface area contributed by atoms with Crippen LogP contribution in [0.2, 0.25) is 0 Å². The fourth-order valence-electron chi connectivity index (χ4n) is 8.05. The highest BCUT2D eigenvalue weighted by Gasteiger charge is 2.54. The maximum atomic E-state index is 13.0. The molecule has 6 rings (SSSR count). The van der Waals surface area contributed by atoms with E-state index < -0.39 is 0 Å². The predicted octanol–water partition coefficient (Wildman–Crippen LogP) is 3.40. The van der Waals surface area contributed by atoms with Crippen molar-refractivity contribution >= 4 is 17.7 Å². The Morgan fingerprint density at radius 1 is 0.844 bits per heavy atom. The molecule has 6 nitrogen and oxygen atoms in total. The Morgan fingerprint density at radius 3 is 2.03 bits per heavy atom. The molecule has 6 fully saturated rings. The van der Waals surface area contributed by atoms with E-state index in [1.807, 2.05) is 4.90 Å². The number of hydrogen-bond acceptors (Lipinski definition) is 3. The second kappa shape index (κ2) is 9.34. The molecule has 0 aromatic rings. The van der Waals surface area contributed by atoms with Crippen molar-refractivity contribution in [2.45, 2.75) is 95.9 Å². The number of rotatable bonds is 7. The Kier molecular flexibility index (Phi) is 6.48. The van der Waals surface area contributed by atoms with Crippen molar-refractivity contribution in [2.24, 2.45) is 29.1 Å². The zero-order valence-corrected chi connectivity index (χ0v) is 19.6. The van der Waals surface area contributed by atoms with E-state index >= 15 is 0 Å². The summed E-state index contributed by atoms with van der Waals surface area (Å²) in [5, 5.41) is 6.33. The van der Waals surface area contributed by atoms with E-state index in [4.69, 9.17) is 0 Å². The summed E-state index contributed by atoms with van der Waals surface area (Å²) in [6.07, 6.45) is 14.9. The van der Waals surface area contributed by atoms with E-state index in [-0.39, 0.29) is 29.2 Å². The standard InChI is InChI=1S/C26H41N3O3/c30-23(14-18-3-1-2-4-18)28-22-6-9-29(10-7-22)24(31)5-8-27-25(32)26-15-19-11-20(16-26)13-21(12-19)17-26/h18-22H,1-17H2,(H,27,32)(H,28,30). The summed E-state index contributed by atoms with van der Waals surface area (Å²) in [5.41, 5.74) is -0.132. The van der Waals surface area contributed by atoms with Gasteiger partial charge in [0.1, 0.15) is 0 Å². The lowest BCUT2D eigenvalue weighted by atomic mass is 9.49. The van der Waals surface area contributed by atoms with Gasteiger partial charge >= 0.3 is 0 Å². The normalized spacial score (nSPS) is 34.6. The molecule has 6 aliphatic rings. The van der Waals surface area contributed by atoms with Crippen LogP contribution in [0.4, 0.5) is 0 Å². The summed E-state index contributed by atoms with van der Waals surface area (Å²) < 4.78 is 0. The molecule has 5 saturated carbocycles. The Hall–Kier alpha value is -1.59. The third kappa shape index (κ3) is 4.84. The van der Waals surface area contributed by atoms with Crippen LogP contribution in [0.3, 0.4) is 0 Å². The van der Waals surface area contributed by atoms with Crippen molar-refractivity contribution in [1.82, 2.24) is 15.5 Å². The highest BCUT2D eigenvalue weighted by molar-refractivity contribution is 5.84. The highest BCUT2D eigenvalue weighted by atomic mass is 16.2. The first kappa shape index (κ1) is 22.2. The smallest absolute Gasteiger partial charge is 0.226 e. The Labute approximate surface area is 192 Å². The predicted molar refractivity (Wildman–Crippen MR) is 123 cm³/mol. The molecule has 5 aliphatic carbocycles. The molecule has 4 bridgehead atoms. The number of likely N-dealkylation sites (tertiary alicyclic amines) is 1. The number of carbonyl (C=O) groups excluding carboxylic acids is 3.